The SMILES string of the molecule is Clc1ccccc1-c1cc(-c2ccccc2Br)cc(-c2c(Br)c(-c3ccccc3)c(-c3ccccc3)c(-c3ccccc3)c2-c2ccccc2)c1. The van der Waals surface area contributed by atoms with Gasteiger partial charge >= 0.3 is 0 Å². The highest BCUT2D eigenvalue weighted by molar-refractivity contribution is 9.11. The quantitative estimate of drug-likeness (QED) is 0.151. The Kier molecular flexibility index (Phi) is 9.56. The Hall–Kier alpha value is -4.99. The summed E-state index contributed by atoms with van der Waals surface area (Å²) in [5.41, 5.74) is 15.6. The molecule has 0 aliphatic carbocycles. The number of hydrogen-bond donors (Lipinski definition) is 0. The van der Waals surface area contributed by atoms with Crippen LogP contribution in [0.15, 0.2) is 197 Å². The molecule has 0 atom stereocenters. The molecule has 0 fully saturated rings. The highest BCUT2D eigenvalue weighted by atomic mass is 79.9. The molecule has 0 N–H and O–H groups in total. The lowest BCUT2D eigenvalue weighted by molar-refractivity contribution is 1.50. The molecule has 8 aromatic rings. The predicted molar refractivity (Wildman–Crippen MR) is 225 cm³/mol. The molecule has 51 heavy (non-hydrogen) atoms. The molecule has 0 amide bonds. The van der Waals surface area contributed by atoms with Gasteiger partial charge in [0.25, 0.3) is 0 Å². The van der Waals surface area contributed by atoms with E-state index in [4.69, 9.17) is 11.6 Å². The van der Waals surface area contributed by atoms with Crippen LogP contribution in [-0.4, -0.2) is 0 Å². The first-order chi connectivity index (χ1) is 25.1. The molecule has 0 aliphatic heterocycles. The van der Waals surface area contributed by atoms with E-state index >= 15 is 0 Å². The molecule has 0 saturated heterocycles. The molecule has 0 spiro atoms. The first-order valence-electron chi connectivity index (χ1n) is 16.8. The molecule has 0 aliphatic rings. The molecular weight excluding hydrogens is 772 g/mol. The lowest BCUT2D eigenvalue weighted by Crippen LogP contribution is -2.00. The summed E-state index contributed by atoms with van der Waals surface area (Å²) in [5.74, 6) is 0. The monoisotopic (exact) mass is 800 g/mol. The zero-order valence-electron chi connectivity index (χ0n) is 27.5. The summed E-state index contributed by atoms with van der Waals surface area (Å²) in [7, 11) is 0. The van der Waals surface area contributed by atoms with E-state index < -0.39 is 0 Å². The third-order valence-electron chi connectivity index (χ3n) is 9.28. The van der Waals surface area contributed by atoms with Crippen LogP contribution in [0.1, 0.15) is 0 Å². The van der Waals surface area contributed by atoms with Crippen molar-refractivity contribution in [3.05, 3.63) is 202 Å². The Morgan fingerprint density at radius 2 is 0.627 bits per heavy atom. The second kappa shape index (κ2) is 14.7. The van der Waals surface area contributed by atoms with Crippen molar-refractivity contribution in [1.29, 1.82) is 0 Å². The summed E-state index contributed by atoms with van der Waals surface area (Å²) in [5, 5.41) is 0.712. The molecule has 0 saturated carbocycles. The Bertz CT molecular complexity index is 2410. The van der Waals surface area contributed by atoms with E-state index in [0.717, 1.165) is 75.7 Å². The molecule has 8 rings (SSSR count). The van der Waals surface area contributed by atoms with Crippen LogP contribution in [0.5, 0.6) is 0 Å². The van der Waals surface area contributed by atoms with Crippen molar-refractivity contribution >= 4 is 43.5 Å². The number of halogens is 3. The average Bonchev–Trinajstić information content (AvgIpc) is 3.19. The van der Waals surface area contributed by atoms with Gasteiger partial charge < -0.3 is 0 Å². The summed E-state index contributed by atoms with van der Waals surface area (Å²) in [6, 6.07) is 66.4. The van der Waals surface area contributed by atoms with Gasteiger partial charge in [-0.2, -0.15) is 0 Å². The summed E-state index contributed by atoms with van der Waals surface area (Å²) in [4.78, 5) is 0. The summed E-state index contributed by atoms with van der Waals surface area (Å²) < 4.78 is 2.06. The second-order valence-corrected chi connectivity index (χ2v) is 14.5. The maximum absolute atomic E-state index is 6.93. The minimum atomic E-state index is 0.712. The van der Waals surface area contributed by atoms with Crippen molar-refractivity contribution in [3.8, 4) is 77.9 Å². The molecule has 3 heteroatoms. The Labute approximate surface area is 321 Å². The fourth-order valence-electron chi connectivity index (χ4n) is 7.02. The van der Waals surface area contributed by atoms with E-state index in [9.17, 15) is 0 Å². The minimum absolute atomic E-state index is 0.712. The normalized spacial score (nSPS) is 11.0. The first-order valence-corrected chi connectivity index (χ1v) is 18.8. The van der Waals surface area contributed by atoms with E-state index in [1.807, 2.05) is 18.2 Å². The third kappa shape index (κ3) is 6.52. The largest absolute Gasteiger partial charge is 0.0837 e. The molecule has 0 bridgehead atoms. The first kappa shape index (κ1) is 33.2. The van der Waals surface area contributed by atoms with E-state index in [-0.39, 0.29) is 0 Å². The Balaban J connectivity index is 1.60. The van der Waals surface area contributed by atoms with Gasteiger partial charge in [0.15, 0.2) is 0 Å². The Morgan fingerprint density at radius 1 is 0.294 bits per heavy atom. The van der Waals surface area contributed by atoms with Crippen LogP contribution in [0.4, 0.5) is 0 Å². The van der Waals surface area contributed by atoms with Crippen LogP contribution in [0.3, 0.4) is 0 Å². The molecule has 8 aromatic carbocycles. The zero-order valence-corrected chi connectivity index (χ0v) is 31.5. The molecular formula is C48H31Br2Cl. The van der Waals surface area contributed by atoms with Crippen LogP contribution in [0.25, 0.3) is 77.9 Å². The van der Waals surface area contributed by atoms with Gasteiger partial charge in [-0.25, -0.2) is 0 Å². The topological polar surface area (TPSA) is 0 Å². The maximum Gasteiger partial charge on any atom is 0.0484 e. The van der Waals surface area contributed by atoms with Crippen LogP contribution in [0, 0.1) is 0 Å². The molecule has 0 nitrogen and oxygen atoms in total. The lowest BCUT2D eigenvalue weighted by atomic mass is 9.78. The average molecular weight is 803 g/mol. The van der Waals surface area contributed by atoms with Gasteiger partial charge in [0.05, 0.1) is 0 Å². The fraction of sp³-hybridized carbons (Fsp3) is 0. The van der Waals surface area contributed by atoms with Crippen molar-refractivity contribution in [3.63, 3.8) is 0 Å². The molecule has 0 aromatic heterocycles. The zero-order chi connectivity index (χ0) is 34.7. The van der Waals surface area contributed by atoms with Crippen LogP contribution in [0.2, 0.25) is 5.02 Å². The van der Waals surface area contributed by atoms with Crippen molar-refractivity contribution in [2.45, 2.75) is 0 Å². The third-order valence-corrected chi connectivity index (χ3v) is 11.1. The van der Waals surface area contributed by atoms with Gasteiger partial charge in [-0.1, -0.05) is 185 Å². The Morgan fingerprint density at radius 3 is 1.10 bits per heavy atom. The van der Waals surface area contributed by atoms with Gasteiger partial charge in [0.2, 0.25) is 0 Å². The van der Waals surface area contributed by atoms with E-state index in [1.165, 1.54) is 11.1 Å². The van der Waals surface area contributed by atoms with Crippen molar-refractivity contribution in [2.24, 2.45) is 0 Å². The summed E-state index contributed by atoms with van der Waals surface area (Å²) in [6.45, 7) is 0. The van der Waals surface area contributed by atoms with Gasteiger partial charge in [-0.3, -0.25) is 0 Å². The standard InChI is InChI=1S/C48H31Br2Cl/c49-41-27-15-13-25-39(41)36-29-37(40-26-14-16-28-42(40)51)31-38(30-36)47-45(34-21-9-3-10-22-34)43(32-17-5-1-6-18-32)44(33-19-7-2-8-20-33)46(48(47)50)35-23-11-4-12-24-35/h1-31H. The van der Waals surface area contributed by atoms with Gasteiger partial charge in [-0.05, 0) is 107 Å². The van der Waals surface area contributed by atoms with E-state index in [0.29, 0.717) is 5.02 Å². The maximum atomic E-state index is 6.93. The molecule has 0 unspecified atom stereocenters. The van der Waals surface area contributed by atoms with Crippen molar-refractivity contribution in [1.82, 2.24) is 0 Å². The van der Waals surface area contributed by atoms with Crippen molar-refractivity contribution < 1.29 is 0 Å². The highest BCUT2D eigenvalue weighted by Crippen LogP contribution is 2.55. The fourth-order valence-corrected chi connectivity index (χ4v) is 8.63. The van der Waals surface area contributed by atoms with E-state index in [1.54, 1.807) is 0 Å². The number of hydrogen-bond acceptors (Lipinski definition) is 0. The highest BCUT2D eigenvalue weighted by Gasteiger charge is 2.28. The second-order valence-electron chi connectivity index (χ2n) is 12.4. The summed E-state index contributed by atoms with van der Waals surface area (Å²) in [6.07, 6.45) is 0. The van der Waals surface area contributed by atoms with Crippen LogP contribution < -0.4 is 0 Å². The van der Waals surface area contributed by atoms with Gasteiger partial charge in [-0.15, -0.1) is 0 Å². The predicted octanol–water partition coefficient (Wildman–Crippen LogP) is 15.5. The smallest absolute Gasteiger partial charge is 0.0484 e. The van der Waals surface area contributed by atoms with Crippen molar-refractivity contribution in [2.75, 3.05) is 0 Å². The lowest BCUT2D eigenvalue weighted by Gasteiger charge is -2.27. The van der Waals surface area contributed by atoms with Gasteiger partial charge in [0, 0.05) is 30.7 Å². The number of benzene rings is 8. The number of rotatable bonds is 7. The minimum Gasteiger partial charge on any atom is -0.0837 e. The summed E-state index contributed by atoms with van der Waals surface area (Å²) >= 11 is 15.1. The molecule has 0 radical (unpaired) electrons. The van der Waals surface area contributed by atoms with Gasteiger partial charge in [0.1, 0.15) is 0 Å². The van der Waals surface area contributed by atoms with Crippen LogP contribution >= 0.6 is 43.5 Å². The van der Waals surface area contributed by atoms with E-state index in [2.05, 4.69) is 202 Å². The van der Waals surface area contributed by atoms with Crippen LogP contribution in [-0.2, 0) is 0 Å². The molecule has 244 valence electrons. The molecule has 0 heterocycles.